The third-order valence-corrected chi connectivity index (χ3v) is 10.3. The minimum absolute atomic E-state index is 0.000884. The summed E-state index contributed by atoms with van der Waals surface area (Å²) in [5.41, 5.74) is 3.72. The van der Waals surface area contributed by atoms with E-state index in [1.165, 1.54) is 19.3 Å². The first-order valence-electron chi connectivity index (χ1n) is 17.6. The number of rotatable bonds is 8. The molecule has 1 saturated carbocycles. The molecule has 8 heteroatoms. The molecule has 2 saturated heterocycles. The van der Waals surface area contributed by atoms with Gasteiger partial charge in [-0.3, -0.25) is 14.5 Å². The normalized spacial score (nSPS) is 27.9. The van der Waals surface area contributed by atoms with E-state index in [4.69, 9.17) is 9.47 Å². The summed E-state index contributed by atoms with van der Waals surface area (Å²) < 4.78 is 13.6. The second kappa shape index (κ2) is 14.9. The minimum atomic E-state index is -0.638. The van der Waals surface area contributed by atoms with E-state index >= 15 is 0 Å². The molecule has 48 heavy (non-hydrogen) atoms. The van der Waals surface area contributed by atoms with E-state index in [2.05, 4.69) is 22.5 Å². The number of nitrogens with one attached hydrogen (secondary N) is 2. The van der Waals surface area contributed by atoms with Crippen molar-refractivity contribution in [1.29, 1.82) is 0 Å². The third-order valence-electron chi connectivity index (χ3n) is 10.3. The number of carbonyl (C=O) groups excluding carboxylic acids is 2. The Labute approximate surface area is 285 Å². The Hall–Kier alpha value is -3.56. The average Bonchev–Trinajstić information content (AvgIpc) is 3.09. The maximum atomic E-state index is 13.8. The van der Waals surface area contributed by atoms with Crippen LogP contribution in [0.25, 0.3) is 0 Å². The molecule has 2 amide bonds. The van der Waals surface area contributed by atoms with Crippen molar-refractivity contribution < 1.29 is 24.2 Å². The number of nitrogens with zero attached hydrogens (tertiary/aromatic N) is 1. The van der Waals surface area contributed by atoms with Gasteiger partial charge in [-0.1, -0.05) is 74.4 Å². The van der Waals surface area contributed by atoms with E-state index in [1.807, 2.05) is 87.5 Å². The van der Waals surface area contributed by atoms with Crippen LogP contribution in [0, 0.1) is 11.8 Å². The van der Waals surface area contributed by atoms with Crippen molar-refractivity contribution >= 4 is 17.5 Å². The molecule has 3 aliphatic rings. The summed E-state index contributed by atoms with van der Waals surface area (Å²) in [5.74, 6) is 0.540. The molecule has 0 unspecified atom stereocenters. The molecule has 3 N–H and O–H groups in total. The number of benzene rings is 3. The molecule has 0 radical (unpaired) electrons. The number of anilines is 1. The van der Waals surface area contributed by atoms with Gasteiger partial charge in [-0.05, 0) is 87.8 Å². The fourth-order valence-electron chi connectivity index (χ4n) is 7.78. The molecule has 0 spiro atoms. The maximum absolute atomic E-state index is 13.8. The SMILES string of the molecule is C[C@@H]1[C@H](CN2[C@@H](C(=O)NC(C)(C)C)CC[C@H]3CCCC[C@H]32)O[C@H](c2ccc(NC(=O)c3ccccc3)cc2)O[C@@H]1c1ccc(CO)cc1. The first kappa shape index (κ1) is 34.3. The summed E-state index contributed by atoms with van der Waals surface area (Å²) in [6.07, 6.45) is 5.61. The fourth-order valence-corrected chi connectivity index (χ4v) is 7.78. The van der Waals surface area contributed by atoms with Gasteiger partial charge in [0.15, 0.2) is 6.29 Å². The molecule has 0 bridgehead atoms. The van der Waals surface area contributed by atoms with E-state index in [0.29, 0.717) is 29.8 Å². The zero-order chi connectivity index (χ0) is 33.8. The Morgan fingerprint density at radius 1 is 0.854 bits per heavy atom. The van der Waals surface area contributed by atoms with Gasteiger partial charge in [0.25, 0.3) is 5.91 Å². The van der Waals surface area contributed by atoms with Crippen LogP contribution in [0.3, 0.4) is 0 Å². The number of amides is 2. The van der Waals surface area contributed by atoms with Crippen molar-refractivity contribution in [3.8, 4) is 0 Å². The van der Waals surface area contributed by atoms with E-state index in [-0.39, 0.29) is 48.1 Å². The van der Waals surface area contributed by atoms with Gasteiger partial charge in [-0.25, -0.2) is 0 Å². The first-order valence-corrected chi connectivity index (χ1v) is 17.6. The van der Waals surface area contributed by atoms with Crippen LogP contribution in [0.4, 0.5) is 5.69 Å². The largest absolute Gasteiger partial charge is 0.392 e. The van der Waals surface area contributed by atoms with E-state index in [0.717, 1.165) is 36.0 Å². The van der Waals surface area contributed by atoms with Crippen LogP contribution in [0.1, 0.15) is 106 Å². The highest BCUT2D eigenvalue weighted by Crippen LogP contribution is 2.44. The minimum Gasteiger partial charge on any atom is -0.392 e. The number of aliphatic hydroxyl groups is 1. The van der Waals surface area contributed by atoms with Gasteiger partial charge in [-0.2, -0.15) is 0 Å². The van der Waals surface area contributed by atoms with Crippen LogP contribution in [0.5, 0.6) is 0 Å². The van der Waals surface area contributed by atoms with Crippen molar-refractivity contribution in [2.45, 2.75) is 109 Å². The standard InChI is InChI=1S/C40H51N3O5/c1-26-35(24-43-33-13-9-8-10-28(33)20-23-34(43)38(46)42-40(2,3)4)47-39(48-36(26)29-16-14-27(25-44)15-17-29)31-18-21-32(22-19-31)41-37(45)30-11-6-5-7-12-30/h5-7,11-12,14-19,21-22,26,28,33-36,39,44H,8-10,13,20,23-25H2,1-4H3,(H,41,45)(H,42,46)/t26-,28-,33-,34-,35+,36+,39+/m1/s1. The number of likely N-dealkylation sites (tertiary alicyclic amines) is 1. The Morgan fingerprint density at radius 2 is 1.54 bits per heavy atom. The summed E-state index contributed by atoms with van der Waals surface area (Å²) in [7, 11) is 0. The number of fused-ring (bicyclic) bond motifs is 1. The highest BCUT2D eigenvalue weighted by atomic mass is 16.7. The molecule has 2 heterocycles. The third kappa shape index (κ3) is 8.00. The van der Waals surface area contributed by atoms with Gasteiger partial charge >= 0.3 is 0 Å². The molecule has 0 aromatic heterocycles. The zero-order valence-electron chi connectivity index (χ0n) is 28.7. The second-order valence-electron chi connectivity index (χ2n) is 14.9. The number of aliphatic hydroxyl groups excluding tert-OH is 1. The Kier molecular flexibility index (Phi) is 10.7. The Balaban J connectivity index is 1.27. The number of piperidine rings is 1. The predicted molar refractivity (Wildman–Crippen MR) is 187 cm³/mol. The maximum Gasteiger partial charge on any atom is 0.255 e. The van der Waals surface area contributed by atoms with Crippen molar-refractivity contribution in [2.75, 3.05) is 11.9 Å². The summed E-state index contributed by atoms with van der Waals surface area (Å²) >= 11 is 0. The smallest absolute Gasteiger partial charge is 0.255 e. The average molecular weight is 654 g/mol. The monoisotopic (exact) mass is 653 g/mol. The van der Waals surface area contributed by atoms with Gasteiger partial charge in [0.05, 0.1) is 24.9 Å². The first-order chi connectivity index (χ1) is 23.1. The molecular weight excluding hydrogens is 602 g/mol. The van der Waals surface area contributed by atoms with Gasteiger partial charge in [-0.15, -0.1) is 0 Å². The van der Waals surface area contributed by atoms with Crippen molar-refractivity contribution in [3.63, 3.8) is 0 Å². The lowest BCUT2D eigenvalue weighted by molar-refractivity contribution is -0.278. The summed E-state index contributed by atoms with van der Waals surface area (Å²) in [6, 6.07) is 24.9. The summed E-state index contributed by atoms with van der Waals surface area (Å²) in [5, 5.41) is 15.9. The quantitative estimate of drug-likeness (QED) is 0.239. The lowest BCUT2D eigenvalue weighted by atomic mass is 9.75. The molecule has 2 aliphatic heterocycles. The molecule has 3 fully saturated rings. The van der Waals surface area contributed by atoms with Crippen LogP contribution in [0.2, 0.25) is 0 Å². The van der Waals surface area contributed by atoms with E-state index in [1.54, 1.807) is 12.1 Å². The second-order valence-corrected chi connectivity index (χ2v) is 14.9. The number of hydrogen-bond acceptors (Lipinski definition) is 6. The topological polar surface area (TPSA) is 100 Å². The van der Waals surface area contributed by atoms with Gasteiger partial charge in [0, 0.05) is 40.9 Å². The highest BCUT2D eigenvalue weighted by molar-refractivity contribution is 6.04. The summed E-state index contributed by atoms with van der Waals surface area (Å²) in [4.78, 5) is 29.0. The predicted octanol–water partition coefficient (Wildman–Crippen LogP) is 7.16. The molecule has 256 valence electrons. The number of carbonyl (C=O) groups is 2. The number of hydrogen-bond donors (Lipinski definition) is 3. The van der Waals surface area contributed by atoms with Crippen LogP contribution in [-0.2, 0) is 20.9 Å². The van der Waals surface area contributed by atoms with Crippen LogP contribution >= 0.6 is 0 Å². The molecular formula is C40H51N3O5. The lowest BCUT2D eigenvalue weighted by Gasteiger charge is -2.51. The highest BCUT2D eigenvalue weighted by Gasteiger charge is 2.46. The molecule has 6 rings (SSSR count). The van der Waals surface area contributed by atoms with Crippen molar-refractivity contribution in [2.24, 2.45) is 11.8 Å². The Bertz CT molecular complexity index is 1520. The van der Waals surface area contributed by atoms with Gasteiger partial charge < -0.3 is 25.2 Å². The van der Waals surface area contributed by atoms with Crippen molar-refractivity contribution in [1.82, 2.24) is 10.2 Å². The number of ether oxygens (including phenoxy) is 2. The van der Waals surface area contributed by atoms with Crippen LogP contribution < -0.4 is 10.6 Å². The van der Waals surface area contributed by atoms with Crippen LogP contribution in [-0.4, -0.2) is 52.1 Å². The Morgan fingerprint density at radius 3 is 2.23 bits per heavy atom. The fraction of sp³-hybridized carbons (Fsp3) is 0.500. The van der Waals surface area contributed by atoms with Crippen molar-refractivity contribution in [3.05, 3.63) is 101 Å². The van der Waals surface area contributed by atoms with Gasteiger partial charge in [0.1, 0.15) is 0 Å². The van der Waals surface area contributed by atoms with E-state index < -0.39 is 6.29 Å². The lowest BCUT2D eigenvalue weighted by Crippen LogP contribution is -2.61. The molecule has 3 aromatic carbocycles. The van der Waals surface area contributed by atoms with Crippen LogP contribution in [0.15, 0.2) is 78.9 Å². The summed E-state index contributed by atoms with van der Waals surface area (Å²) in [6.45, 7) is 8.93. The van der Waals surface area contributed by atoms with Gasteiger partial charge in [0.2, 0.25) is 5.91 Å². The molecule has 3 aromatic rings. The molecule has 1 aliphatic carbocycles. The molecule has 7 atom stereocenters. The molecule has 8 nitrogen and oxygen atoms in total. The zero-order valence-corrected chi connectivity index (χ0v) is 28.7. The van der Waals surface area contributed by atoms with E-state index in [9.17, 15) is 14.7 Å².